The van der Waals surface area contributed by atoms with Crippen molar-refractivity contribution in [2.75, 3.05) is 18.4 Å². The Morgan fingerprint density at radius 1 is 1.05 bits per heavy atom. The van der Waals surface area contributed by atoms with Crippen LogP contribution in [0.1, 0.15) is 74.1 Å². The van der Waals surface area contributed by atoms with Gasteiger partial charge in [0.05, 0.1) is 16.3 Å². The summed E-state index contributed by atoms with van der Waals surface area (Å²) in [5, 5.41) is 19.1. The summed E-state index contributed by atoms with van der Waals surface area (Å²) < 4.78 is 1.72. The van der Waals surface area contributed by atoms with Gasteiger partial charge in [0.25, 0.3) is 11.6 Å². The van der Waals surface area contributed by atoms with Crippen LogP contribution in [-0.2, 0) is 10.2 Å². The topological polar surface area (TPSA) is 110 Å². The standard InChI is InChI=1S/C29H37N5O4/c1-7-8-11-16-32(28(36)22-15-14-21(3)24(17-22)34(37)38)19-27(35)30-26-18-25(29(4,5)6)31-33(26)23-13-10-9-12-20(23)2/h9-10,12-15,17-18H,7-8,11,16,19H2,1-6H3,(H,30,35). The molecular formula is C29H37N5O4. The second kappa shape index (κ2) is 12.0. The van der Waals surface area contributed by atoms with Crippen LogP contribution < -0.4 is 5.32 Å². The van der Waals surface area contributed by atoms with Crippen molar-refractivity contribution in [1.82, 2.24) is 14.7 Å². The second-order valence-corrected chi connectivity index (χ2v) is 10.6. The fourth-order valence-electron chi connectivity index (χ4n) is 4.10. The first-order valence-electron chi connectivity index (χ1n) is 12.9. The largest absolute Gasteiger partial charge is 0.329 e. The predicted octanol–water partition coefficient (Wildman–Crippen LogP) is 5.97. The van der Waals surface area contributed by atoms with Gasteiger partial charge in [-0.15, -0.1) is 0 Å². The van der Waals surface area contributed by atoms with E-state index in [1.807, 2.05) is 37.3 Å². The molecule has 2 aromatic carbocycles. The highest BCUT2D eigenvalue weighted by Crippen LogP contribution is 2.27. The molecule has 0 spiro atoms. The monoisotopic (exact) mass is 519 g/mol. The van der Waals surface area contributed by atoms with Gasteiger partial charge in [0.1, 0.15) is 12.4 Å². The lowest BCUT2D eigenvalue weighted by Crippen LogP contribution is -2.39. The van der Waals surface area contributed by atoms with Gasteiger partial charge in [0.15, 0.2) is 0 Å². The highest BCUT2D eigenvalue weighted by atomic mass is 16.6. The summed E-state index contributed by atoms with van der Waals surface area (Å²) >= 11 is 0. The molecule has 9 nitrogen and oxygen atoms in total. The number of anilines is 1. The Balaban J connectivity index is 1.90. The lowest BCUT2D eigenvalue weighted by Gasteiger charge is -2.22. The summed E-state index contributed by atoms with van der Waals surface area (Å²) in [5.41, 5.74) is 2.97. The first-order valence-corrected chi connectivity index (χ1v) is 12.9. The summed E-state index contributed by atoms with van der Waals surface area (Å²) in [4.78, 5) is 39.0. The van der Waals surface area contributed by atoms with Crippen LogP contribution in [0.25, 0.3) is 5.69 Å². The maximum atomic E-state index is 13.4. The van der Waals surface area contributed by atoms with Crippen LogP contribution in [-0.4, -0.2) is 44.5 Å². The SMILES string of the molecule is CCCCCN(CC(=O)Nc1cc(C(C)(C)C)nn1-c1ccccc1C)C(=O)c1ccc(C)c([N+](=O)[O-])c1. The maximum Gasteiger partial charge on any atom is 0.273 e. The molecule has 0 atom stereocenters. The van der Waals surface area contributed by atoms with Crippen LogP contribution in [0.15, 0.2) is 48.5 Å². The van der Waals surface area contributed by atoms with E-state index in [1.54, 1.807) is 23.7 Å². The molecule has 0 aliphatic rings. The molecule has 0 radical (unpaired) electrons. The number of aromatic nitrogens is 2. The Labute approximate surface area is 224 Å². The highest BCUT2D eigenvalue weighted by Gasteiger charge is 2.25. The van der Waals surface area contributed by atoms with Crippen LogP contribution >= 0.6 is 0 Å². The van der Waals surface area contributed by atoms with E-state index >= 15 is 0 Å². The van der Waals surface area contributed by atoms with Crippen LogP contribution in [0.4, 0.5) is 11.5 Å². The van der Waals surface area contributed by atoms with Crippen molar-refractivity contribution < 1.29 is 14.5 Å². The molecule has 3 aromatic rings. The van der Waals surface area contributed by atoms with Crippen LogP contribution in [0.2, 0.25) is 0 Å². The van der Waals surface area contributed by atoms with Gasteiger partial charge in [-0.25, -0.2) is 4.68 Å². The summed E-state index contributed by atoms with van der Waals surface area (Å²) in [6.07, 6.45) is 2.57. The van der Waals surface area contributed by atoms with Gasteiger partial charge >= 0.3 is 0 Å². The van der Waals surface area contributed by atoms with Crippen LogP contribution in [0.5, 0.6) is 0 Å². The van der Waals surface area contributed by atoms with E-state index in [9.17, 15) is 19.7 Å². The number of unbranched alkanes of at least 4 members (excludes halogenated alkanes) is 2. The van der Waals surface area contributed by atoms with Gasteiger partial charge in [0, 0.05) is 35.2 Å². The zero-order valence-electron chi connectivity index (χ0n) is 23.1. The fraction of sp³-hybridized carbons (Fsp3) is 0.414. The molecule has 9 heteroatoms. The first kappa shape index (κ1) is 28.6. The third kappa shape index (κ3) is 6.85. The number of nitrogens with one attached hydrogen (secondary N) is 1. The normalized spacial score (nSPS) is 11.3. The number of rotatable bonds is 10. The molecule has 2 amide bonds. The third-order valence-corrected chi connectivity index (χ3v) is 6.39. The zero-order valence-corrected chi connectivity index (χ0v) is 23.1. The van der Waals surface area contributed by atoms with E-state index in [4.69, 9.17) is 5.10 Å². The number of nitro benzene ring substituents is 1. The number of hydrogen-bond donors (Lipinski definition) is 1. The number of carbonyl (C=O) groups is 2. The minimum atomic E-state index is -0.500. The molecule has 0 saturated carbocycles. The Kier molecular flexibility index (Phi) is 9.04. The number of carbonyl (C=O) groups excluding carboxylic acids is 2. The molecule has 202 valence electrons. The Hall–Kier alpha value is -4.01. The summed E-state index contributed by atoms with van der Waals surface area (Å²) in [7, 11) is 0. The molecule has 1 heterocycles. The predicted molar refractivity (Wildman–Crippen MR) is 149 cm³/mol. The van der Waals surface area contributed by atoms with Gasteiger partial charge in [-0.05, 0) is 38.0 Å². The highest BCUT2D eigenvalue weighted by molar-refractivity contribution is 5.99. The van der Waals surface area contributed by atoms with Gasteiger partial charge in [-0.3, -0.25) is 19.7 Å². The number of para-hydroxylation sites is 1. The first-order chi connectivity index (χ1) is 17.9. The summed E-state index contributed by atoms with van der Waals surface area (Å²) in [5.74, 6) is -0.269. The van der Waals surface area contributed by atoms with E-state index in [2.05, 4.69) is 33.0 Å². The van der Waals surface area contributed by atoms with Crippen molar-refractivity contribution in [2.24, 2.45) is 0 Å². The zero-order chi connectivity index (χ0) is 28.0. The van der Waals surface area contributed by atoms with E-state index in [0.717, 1.165) is 36.2 Å². The average molecular weight is 520 g/mol. The minimum Gasteiger partial charge on any atom is -0.329 e. The minimum absolute atomic E-state index is 0.120. The molecule has 1 aromatic heterocycles. The molecule has 0 fully saturated rings. The molecule has 0 saturated heterocycles. The van der Waals surface area contributed by atoms with Crippen molar-refractivity contribution in [3.8, 4) is 5.69 Å². The van der Waals surface area contributed by atoms with Gasteiger partial charge in [-0.2, -0.15) is 5.10 Å². The fourth-order valence-corrected chi connectivity index (χ4v) is 4.10. The lowest BCUT2D eigenvalue weighted by molar-refractivity contribution is -0.385. The van der Waals surface area contributed by atoms with Gasteiger partial charge in [0.2, 0.25) is 5.91 Å². The van der Waals surface area contributed by atoms with Gasteiger partial charge < -0.3 is 10.2 Å². The van der Waals surface area contributed by atoms with E-state index < -0.39 is 10.8 Å². The summed E-state index contributed by atoms with van der Waals surface area (Å²) in [6, 6.07) is 14.1. The van der Waals surface area contributed by atoms with Gasteiger partial charge in [-0.1, -0.05) is 64.8 Å². The number of nitrogens with zero attached hydrogens (tertiary/aromatic N) is 4. The number of amides is 2. The van der Waals surface area contributed by atoms with Crippen molar-refractivity contribution in [1.29, 1.82) is 0 Å². The van der Waals surface area contributed by atoms with Crippen molar-refractivity contribution in [3.05, 3.63) is 81.0 Å². The van der Waals surface area contributed by atoms with Crippen molar-refractivity contribution in [2.45, 2.75) is 66.2 Å². The van der Waals surface area contributed by atoms with Crippen LogP contribution in [0, 0.1) is 24.0 Å². The van der Waals surface area contributed by atoms with Crippen molar-refractivity contribution >= 4 is 23.3 Å². The number of benzene rings is 2. The second-order valence-electron chi connectivity index (χ2n) is 10.6. The molecule has 3 rings (SSSR count). The van der Waals surface area contributed by atoms with E-state index in [1.165, 1.54) is 11.0 Å². The third-order valence-electron chi connectivity index (χ3n) is 6.39. The smallest absolute Gasteiger partial charge is 0.273 e. The molecule has 0 unspecified atom stereocenters. The Morgan fingerprint density at radius 3 is 2.39 bits per heavy atom. The molecule has 38 heavy (non-hydrogen) atoms. The summed E-state index contributed by atoms with van der Waals surface area (Å²) in [6.45, 7) is 12.0. The van der Waals surface area contributed by atoms with E-state index in [-0.39, 0.29) is 29.1 Å². The molecule has 0 aliphatic carbocycles. The number of aryl methyl sites for hydroxylation is 2. The van der Waals surface area contributed by atoms with E-state index in [0.29, 0.717) is 17.9 Å². The van der Waals surface area contributed by atoms with Crippen molar-refractivity contribution in [3.63, 3.8) is 0 Å². The molecule has 1 N–H and O–H groups in total. The number of hydrogen-bond acceptors (Lipinski definition) is 5. The number of nitro groups is 1. The lowest BCUT2D eigenvalue weighted by atomic mass is 9.92. The average Bonchev–Trinajstić information content (AvgIpc) is 3.27. The Morgan fingerprint density at radius 2 is 1.76 bits per heavy atom. The maximum absolute atomic E-state index is 13.4. The molecule has 0 aliphatic heterocycles. The quantitative estimate of drug-likeness (QED) is 0.202. The molecular weight excluding hydrogens is 482 g/mol. The van der Waals surface area contributed by atoms with Crippen LogP contribution in [0.3, 0.4) is 0 Å². The molecule has 0 bridgehead atoms. The Bertz CT molecular complexity index is 1320.